The van der Waals surface area contributed by atoms with Gasteiger partial charge in [-0.1, -0.05) is 0 Å². The molecular weight excluding hydrogens is 209 g/mol. The summed E-state index contributed by atoms with van der Waals surface area (Å²) < 4.78 is 38.0. The van der Waals surface area contributed by atoms with Gasteiger partial charge in [-0.15, -0.1) is 0 Å². The molecule has 1 atom stereocenters. The molecule has 3 nitrogen and oxygen atoms in total. The van der Waals surface area contributed by atoms with E-state index in [1.807, 2.05) is 0 Å². The molecule has 0 saturated heterocycles. The van der Waals surface area contributed by atoms with Crippen molar-refractivity contribution >= 4 is 11.6 Å². The average Bonchev–Trinajstić information content (AvgIpc) is 2.13. The lowest BCUT2D eigenvalue weighted by Crippen LogP contribution is -2.32. The highest BCUT2D eigenvalue weighted by molar-refractivity contribution is 5.82. The fourth-order valence-corrected chi connectivity index (χ4v) is 0.960. The Hall–Kier alpha value is -1.72. The number of hydrogen-bond acceptors (Lipinski definition) is 2. The second-order valence-corrected chi connectivity index (χ2v) is 3.02. The predicted molar refractivity (Wildman–Crippen MR) is 48.6 cm³/mol. The van der Waals surface area contributed by atoms with Crippen LogP contribution in [0.1, 0.15) is 6.92 Å². The van der Waals surface area contributed by atoms with Crippen molar-refractivity contribution in [3.05, 3.63) is 29.6 Å². The molecule has 0 aliphatic heterocycles. The summed E-state index contributed by atoms with van der Waals surface area (Å²) in [5, 5.41) is 2.43. The van der Waals surface area contributed by atoms with Crippen LogP contribution in [-0.2, 0) is 4.79 Å². The number of carbonyl (C=O) groups excluding carboxylic acids is 1. The van der Waals surface area contributed by atoms with Gasteiger partial charge in [-0.2, -0.15) is 0 Å². The van der Waals surface area contributed by atoms with Gasteiger partial charge in [-0.3, -0.25) is 4.79 Å². The maximum absolute atomic E-state index is 12.7. The normalized spacial score (nSPS) is 12.3. The van der Waals surface area contributed by atoms with Gasteiger partial charge in [-0.05, 0) is 6.92 Å². The van der Waals surface area contributed by atoms with E-state index in [0.29, 0.717) is 0 Å². The summed E-state index contributed by atoms with van der Waals surface area (Å²) in [6.07, 6.45) is 0. The number of benzene rings is 1. The third-order valence-electron chi connectivity index (χ3n) is 1.79. The van der Waals surface area contributed by atoms with Crippen LogP contribution in [0.3, 0.4) is 0 Å². The van der Waals surface area contributed by atoms with Crippen LogP contribution in [0.15, 0.2) is 12.1 Å². The third-order valence-corrected chi connectivity index (χ3v) is 1.79. The topological polar surface area (TPSA) is 55.1 Å². The maximum Gasteiger partial charge on any atom is 0.239 e. The van der Waals surface area contributed by atoms with Crippen molar-refractivity contribution in [1.82, 2.24) is 0 Å². The van der Waals surface area contributed by atoms with E-state index in [1.165, 1.54) is 6.92 Å². The Morgan fingerprint density at radius 3 is 2.20 bits per heavy atom. The van der Waals surface area contributed by atoms with Crippen LogP contribution in [0.2, 0.25) is 0 Å². The molecule has 0 saturated carbocycles. The Bertz CT molecular complexity index is 372. The first kappa shape index (κ1) is 11.4. The molecule has 0 spiro atoms. The van der Waals surface area contributed by atoms with Crippen LogP contribution in [0, 0.1) is 17.5 Å². The minimum absolute atomic E-state index is 0.0438. The van der Waals surface area contributed by atoms with Gasteiger partial charge in [0.2, 0.25) is 5.91 Å². The van der Waals surface area contributed by atoms with Gasteiger partial charge in [0, 0.05) is 17.8 Å². The summed E-state index contributed by atoms with van der Waals surface area (Å²) in [5.74, 6) is -4.88. The summed E-state index contributed by atoms with van der Waals surface area (Å²) in [5.41, 5.74) is 4.88. The van der Waals surface area contributed by atoms with E-state index < -0.39 is 29.4 Å². The Morgan fingerprint density at radius 2 is 1.80 bits per heavy atom. The number of anilines is 1. The van der Waals surface area contributed by atoms with Crippen molar-refractivity contribution in [2.75, 3.05) is 5.32 Å². The summed E-state index contributed by atoms with van der Waals surface area (Å²) in [4.78, 5) is 10.6. The van der Waals surface area contributed by atoms with Crippen LogP contribution >= 0.6 is 0 Å². The van der Waals surface area contributed by atoms with Gasteiger partial charge < -0.3 is 11.1 Å². The molecule has 0 aliphatic rings. The Labute approximate surface area is 84.1 Å². The molecule has 0 radical (unpaired) electrons. The molecule has 0 fully saturated rings. The second kappa shape index (κ2) is 4.20. The molecule has 1 unspecified atom stereocenters. The number of carbonyl (C=O) groups is 1. The summed E-state index contributed by atoms with van der Waals surface area (Å²) in [6, 6.07) is 0.699. The number of halogens is 3. The molecule has 82 valence electrons. The first-order chi connectivity index (χ1) is 6.91. The van der Waals surface area contributed by atoms with Crippen LogP contribution < -0.4 is 11.1 Å². The van der Waals surface area contributed by atoms with Crippen LogP contribution in [0.25, 0.3) is 0 Å². The number of rotatable bonds is 3. The fraction of sp³-hybridized carbons (Fsp3) is 0.222. The molecule has 0 aromatic heterocycles. The first-order valence-electron chi connectivity index (χ1n) is 4.12. The standard InChI is InChI=1S/C9H9F3N2O/c1-4(9(13)15)14-5-2-6(10)8(12)7(11)3-5/h2-4,14H,1H3,(H2,13,15). The van der Waals surface area contributed by atoms with Gasteiger partial charge in [0.25, 0.3) is 0 Å². The van der Waals surface area contributed by atoms with E-state index in [4.69, 9.17) is 5.73 Å². The molecule has 1 amide bonds. The maximum atomic E-state index is 12.7. The number of amides is 1. The lowest BCUT2D eigenvalue weighted by molar-refractivity contribution is -0.118. The van der Waals surface area contributed by atoms with E-state index in [2.05, 4.69) is 5.32 Å². The first-order valence-corrected chi connectivity index (χ1v) is 4.12. The third kappa shape index (κ3) is 2.61. The number of hydrogen-bond donors (Lipinski definition) is 2. The van der Waals surface area contributed by atoms with Crippen LogP contribution in [-0.4, -0.2) is 11.9 Å². The Kier molecular flexibility index (Phi) is 3.18. The molecule has 0 heterocycles. The van der Waals surface area contributed by atoms with E-state index in [-0.39, 0.29) is 5.69 Å². The minimum Gasteiger partial charge on any atom is -0.374 e. The van der Waals surface area contributed by atoms with E-state index in [0.717, 1.165) is 12.1 Å². The largest absolute Gasteiger partial charge is 0.374 e. The van der Waals surface area contributed by atoms with Crippen molar-refractivity contribution in [2.24, 2.45) is 5.73 Å². The zero-order valence-electron chi connectivity index (χ0n) is 7.85. The SMILES string of the molecule is CC(Nc1cc(F)c(F)c(F)c1)C(N)=O. The quantitative estimate of drug-likeness (QED) is 0.753. The van der Waals surface area contributed by atoms with Crippen LogP contribution in [0.5, 0.6) is 0 Å². The highest BCUT2D eigenvalue weighted by Crippen LogP contribution is 2.17. The van der Waals surface area contributed by atoms with Crippen LogP contribution in [0.4, 0.5) is 18.9 Å². The molecular formula is C9H9F3N2O. The van der Waals surface area contributed by atoms with Crippen molar-refractivity contribution in [3.8, 4) is 0 Å². The van der Waals surface area contributed by atoms with Crippen molar-refractivity contribution in [1.29, 1.82) is 0 Å². The number of primary amides is 1. The molecule has 15 heavy (non-hydrogen) atoms. The molecule has 1 aromatic carbocycles. The van der Waals surface area contributed by atoms with Crippen molar-refractivity contribution in [3.63, 3.8) is 0 Å². The van der Waals surface area contributed by atoms with E-state index in [9.17, 15) is 18.0 Å². The van der Waals surface area contributed by atoms with Crippen molar-refractivity contribution < 1.29 is 18.0 Å². The lowest BCUT2D eigenvalue weighted by atomic mass is 10.2. The monoisotopic (exact) mass is 218 g/mol. The molecule has 1 rings (SSSR count). The molecule has 0 bridgehead atoms. The highest BCUT2D eigenvalue weighted by atomic mass is 19.2. The average molecular weight is 218 g/mol. The minimum atomic E-state index is -1.55. The molecule has 1 aromatic rings. The Balaban J connectivity index is 2.92. The lowest BCUT2D eigenvalue weighted by Gasteiger charge is -2.11. The van der Waals surface area contributed by atoms with Gasteiger partial charge in [-0.25, -0.2) is 13.2 Å². The van der Waals surface area contributed by atoms with Gasteiger partial charge >= 0.3 is 0 Å². The number of nitrogens with two attached hydrogens (primary N) is 1. The van der Waals surface area contributed by atoms with Gasteiger partial charge in [0.05, 0.1) is 0 Å². The van der Waals surface area contributed by atoms with E-state index >= 15 is 0 Å². The molecule has 6 heteroatoms. The molecule has 3 N–H and O–H groups in total. The zero-order valence-corrected chi connectivity index (χ0v) is 7.85. The second-order valence-electron chi connectivity index (χ2n) is 3.02. The smallest absolute Gasteiger partial charge is 0.239 e. The zero-order chi connectivity index (χ0) is 11.6. The summed E-state index contributed by atoms with van der Waals surface area (Å²) >= 11 is 0. The Morgan fingerprint density at radius 1 is 1.33 bits per heavy atom. The van der Waals surface area contributed by atoms with Gasteiger partial charge in [0.1, 0.15) is 6.04 Å². The van der Waals surface area contributed by atoms with Gasteiger partial charge in [0.15, 0.2) is 17.5 Å². The molecule has 0 aliphatic carbocycles. The van der Waals surface area contributed by atoms with Crippen molar-refractivity contribution in [2.45, 2.75) is 13.0 Å². The summed E-state index contributed by atoms with van der Waals surface area (Å²) in [7, 11) is 0. The summed E-state index contributed by atoms with van der Waals surface area (Å²) in [6.45, 7) is 1.42. The number of nitrogens with one attached hydrogen (secondary N) is 1. The van der Waals surface area contributed by atoms with E-state index in [1.54, 1.807) is 0 Å². The predicted octanol–water partition coefficient (Wildman–Crippen LogP) is 1.39. The highest BCUT2D eigenvalue weighted by Gasteiger charge is 2.13. The fourth-order valence-electron chi connectivity index (χ4n) is 0.960.